The fraction of sp³-hybridized carbons (Fsp3) is 0.269. The standard InChI is InChI=1S/C26H26F3N6O4P/c1-4-38-40(37,39-5-2)15-16-6-9-18(10-7-16)32-25-31-13-20(26(27,28)29)23(34-25)33-21-11-8-17(12-30)19-14-35(3)24(36)22(19)21/h6-11,13-14,36H,4-5,15H2,1-3H3,(H2,31,32,33,34). The van der Waals surface area contributed by atoms with Crippen molar-refractivity contribution in [2.45, 2.75) is 26.2 Å². The quantitative estimate of drug-likeness (QED) is 0.174. The van der Waals surface area contributed by atoms with E-state index in [9.17, 15) is 28.1 Å². The van der Waals surface area contributed by atoms with Crippen LogP contribution in [0.2, 0.25) is 0 Å². The van der Waals surface area contributed by atoms with Crippen molar-refractivity contribution in [3.8, 4) is 11.9 Å². The maximum Gasteiger partial charge on any atom is 0.421 e. The molecule has 0 fully saturated rings. The van der Waals surface area contributed by atoms with E-state index < -0.39 is 25.2 Å². The number of fused-ring (bicyclic) bond motifs is 1. The molecule has 210 valence electrons. The van der Waals surface area contributed by atoms with Gasteiger partial charge in [0.2, 0.25) is 11.8 Å². The Balaban J connectivity index is 1.64. The third-order valence-electron chi connectivity index (χ3n) is 5.83. The van der Waals surface area contributed by atoms with E-state index in [1.165, 1.54) is 22.9 Å². The first-order valence-corrected chi connectivity index (χ1v) is 13.9. The second-order valence-electron chi connectivity index (χ2n) is 8.63. The summed E-state index contributed by atoms with van der Waals surface area (Å²) >= 11 is 0. The molecule has 0 unspecified atom stereocenters. The van der Waals surface area contributed by atoms with Crippen LogP contribution < -0.4 is 10.6 Å². The Kier molecular flexibility index (Phi) is 8.34. The lowest BCUT2D eigenvalue weighted by atomic mass is 10.1. The first-order valence-electron chi connectivity index (χ1n) is 12.1. The Morgan fingerprint density at radius 1 is 1.10 bits per heavy atom. The van der Waals surface area contributed by atoms with E-state index in [2.05, 4.69) is 20.6 Å². The third kappa shape index (κ3) is 6.20. The minimum Gasteiger partial charge on any atom is -0.494 e. The molecule has 10 nitrogen and oxygen atoms in total. The van der Waals surface area contributed by atoms with Gasteiger partial charge < -0.3 is 29.4 Å². The lowest BCUT2D eigenvalue weighted by molar-refractivity contribution is -0.137. The number of benzene rings is 2. The van der Waals surface area contributed by atoms with Crippen LogP contribution >= 0.6 is 7.60 Å². The van der Waals surface area contributed by atoms with Crippen molar-refractivity contribution in [3.63, 3.8) is 0 Å². The lowest BCUT2D eigenvalue weighted by Gasteiger charge is -2.17. The number of alkyl halides is 3. The van der Waals surface area contributed by atoms with Gasteiger partial charge in [0.15, 0.2) is 0 Å². The summed E-state index contributed by atoms with van der Waals surface area (Å²) in [6, 6.07) is 11.5. The normalized spacial score (nSPS) is 11.9. The van der Waals surface area contributed by atoms with Crippen molar-refractivity contribution in [1.82, 2.24) is 14.5 Å². The predicted octanol–water partition coefficient (Wildman–Crippen LogP) is 6.82. The molecule has 0 amide bonds. The Morgan fingerprint density at radius 3 is 2.38 bits per heavy atom. The topological polar surface area (TPSA) is 134 Å². The summed E-state index contributed by atoms with van der Waals surface area (Å²) in [6.07, 6.45) is -2.55. The molecule has 4 aromatic rings. The van der Waals surface area contributed by atoms with Gasteiger partial charge >= 0.3 is 13.8 Å². The van der Waals surface area contributed by atoms with Crippen molar-refractivity contribution < 1.29 is 31.9 Å². The summed E-state index contributed by atoms with van der Waals surface area (Å²) < 4.78 is 66.3. The van der Waals surface area contributed by atoms with Gasteiger partial charge in [0, 0.05) is 30.5 Å². The summed E-state index contributed by atoms with van der Waals surface area (Å²) in [5.41, 5.74) is 0.404. The molecule has 0 atom stereocenters. The molecule has 40 heavy (non-hydrogen) atoms. The number of halogens is 3. The van der Waals surface area contributed by atoms with Gasteiger partial charge in [-0.1, -0.05) is 12.1 Å². The molecular weight excluding hydrogens is 548 g/mol. The van der Waals surface area contributed by atoms with Crippen LogP contribution in [0, 0.1) is 11.3 Å². The minimum absolute atomic E-state index is 0.0607. The highest BCUT2D eigenvalue weighted by Gasteiger charge is 2.35. The Morgan fingerprint density at radius 2 is 1.77 bits per heavy atom. The molecule has 0 aliphatic rings. The number of nitrogens with one attached hydrogen (secondary N) is 2. The number of aryl methyl sites for hydroxylation is 1. The molecule has 0 bridgehead atoms. The predicted molar refractivity (Wildman–Crippen MR) is 144 cm³/mol. The molecule has 2 heterocycles. The van der Waals surface area contributed by atoms with Crippen molar-refractivity contribution in [3.05, 3.63) is 65.5 Å². The maximum atomic E-state index is 13.8. The number of anilines is 4. The van der Waals surface area contributed by atoms with Gasteiger partial charge in [-0.15, -0.1) is 0 Å². The highest BCUT2D eigenvalue weighted by molar-refractivity contribution is 7.53. The lowest BCUT2D eigenvalue weighted by Crippen LogP contribution is -2.12. The number of aromatic nitrogens is 3. The molecule has 3 N–H and O–H groups in total. The number of nitriles is 1. The number of aromatic hydroxyl groups is 1. The zero-order valence-electron chi connectivity index (χ0n) is 21.8. The molecule has 2 aromatic heterocycles. The SMILES string of the molecule is CCOP(=O)(Cc1ccc(Nc2ncc(C(F)(F)F)c(Nc3ccc(C#N)c4cn(C)c(O)c34)n2)cc1)OCC. The van der Waals surface area contributed by atoms with Crippen LogP contribution in [0.1, 0.15) is 30.5 Å². The Bertz CT molecular complexity index is 1610. The van der Waals surface area contributed by atoms with E-state index in [1.807, 2.05) is 6.07 Å². The fourth-order valence-electron chi connectivity index (χ4n) is 4.07. The van der Waals surface area contributed by atoms with Crippen LogP contribution in [-0.2, 0) is 33.0 Å². The van der Waals surface area contributed by atoms with E-state index in [-0.39, 0.29) is 47.8 Å². The molecule has 0 radical (unpaired) electrons. The average Bonchev–Trinajstić information content (AvgIpc) is 3.19. The van der Waals surface area contributed by atoms with Crippen LogP contribution in [0.5, 0.6) is 5.88 Å². The van der Waals surface area contributed by atoms with Crippen molar-refractivity contribution >= 4 is 41.5 Å². The zero-order valence-corrected chi connectivity index (χ0v) is 22.7. The van der Waals surface area contributed by atoms with Gasteiger partial charge in [-0.3, -0.25) is 4.57 Å². The highest BCUT2D eigenvalue weighted by atomic mass is 31.2. The first-order chi connectivity index (χ1) is 19.0. The third-order valence-corrected chi connectivity index (χ3v) is 7.89. The van der Waals surface area contributed by atoms with Gasteiger partial charge in [-0.25, -0.2) is 4.98 Å². The first kappa shape index (κ1) is 28.9. The monoisotopic (exact) mass is 574 g/mol. The number of rotatable bonds is 10. The van der Waals surface area contributed by atoms with E-state index >= 15 is 0 Å². The van der Waals surface area contributed by atoms with Crippen LogP contribution in [0.4, 0.5) is 36.3 Å². The van der Waals surface area contributed by atoms with Crippen molar-refractivity contribution in [2.75, 3.05) is 23.8 Å². The summed E-state index contributed by atoms with van der Waals surface area (Å²) in [6.45, 7) is 3.91. The van der Waals surface area contributed by atoms with E-state index in [1.54, 1.807) is 45.2 Å². The summed E-state index contributed by atoms with van der Waals surface area (Å²) in [7, 11) is -1.76. The molecule has 0 spiro atoms. The van der Waals surface area contributed by atoms with Crippen LogP contribution in [0.15, 0.2) is 48.8 Å². The minimum atomic E-state index is -4.78. The van der Waals surface area contributed by atoms with Gasteiger partial charge in [-0.05, 0) is 43.7 Å². The number of nitrogens with zero attached hydrogens (tertiary/aromatic N) is 4. The molecule has 14 heteroatoms. The smallest absolute Gasteiger partial charge is 0.421 e. The molecule has 2 aromatic carbocycles. The number of hydrogen-bond acceptors (Lipinski definition) is 9. The maximum absolute atomic E-state index is 13.8. The Labute approximate surface area is 227 Å². The molecule has 0 saturated carbocycles. The summed E-state index contributed by atoms with van der Waals surface area (Å²) in [5, 5.41) is 26.0. The van der Waals surface area contributed by atoms with Gasteiger partial charge in [-0.2, -0.15) is 23.4 Å². The summed E-state index contributed by atoms with van der Waals surface area (Å²) in [4.78, 5) is 7.88. The van der Waals surface area contributed by atoms with E-state index in [0.29, 0.717) is 22.8 Å². The molecule has 0 aliphatic heterocycles. The fourth-order valence-corrected chi connectivity index (χ4v) is 5.77. The molecule has 0 saturated heterocycles. The van der Waals surface area contributed by atoms with Gasteiger partial charge in [0.1, 0.15) is 11.4 Å². The molecule has 4 rings (SSSR count). The van der Waals surface area contributed by atoms with Gasteiger partial charge in [0.05, 0.1) is 42.1 Å². The van der Waals surface area contributed by atoms with Crippen molar-refractivity contribution in [1.29, 1.82) is 5.26 Å². The highest BCUT2D eigenvalue weighted by Crippen LogP contribution is 2.51. The second kappa shape index (κ2) is 11.6. The molecule has 0 aliphatic carbocycles. The van der Waals surface area contributed by atoms with Crippen LogP contribution in [0.3, 0.4) is 0 Å². The molecular formula is C26H26F3N6O4P. The Hall–Kier alpha value is -4.11. The zero-order chi connectivity index (χ0) is 29.1. The summed E-state index contributed by atoms with van der Waals surface area (Å²) in [5.74, 6) is -0.904. The van der Waals surface area contributed by atoms with E-state index in [0.717, 1.165) is 0 Å². The van der Waals surface area contributed by atoms with Crippen LogP contribution in [0.25, 0.3) is 10.8 Å². The van der Waals surface area contributed by atoms with Crippen LogP contribution in [-0.4, -0.2) is 32.9 Å². The average molecular weight is 575 g/mol. The number of hydrogen-bond donors (Lipinski definition) is 3. The van der Waals surface area contributed by atoms with E-state index in [4.69, 9.17) is 9.05 Å². The van der Waals surface area contributed by atoms with Gasteiger partial charge in [0.25, 0.3) is 0 Å². The second-order valence-corrected chi connectivity index (χ2v) is 10.7. The largest absolute Gasteiger partial charge is 0.494 e. The van der Waals surface area contributed by atoms with Crippen molar-refractivity contribution in [2.24, 2.45) is 7.05 Å².